The Balaban J connectivity index is 2.39. The first-order valence-corrected chi connectivity index (χ1v) is 6.24. The van der Waals surface area contributed by atoms with Crippen molar-refractivity contribution in [2.45, 2.75) is 52.9 Å². The normalized spacial score (nSPS) is 17.3. The van der Waals surface area contributed by atoms with Crippen LogP contribution in [0.4, 0.5) is 0 Å². The molecule has 0 radical (unpaired) electrons. The first kappa shape index (κ1) is 13.2. The van der Waals surface area contributed by atoms with Crippen LogP contribution in [0.5, 0.6) is 0 Å². The molecule has 1 aliphatic heterocycles. The lowest BCUT2D eigenvalue weighted by Gasteiger charge is -2.29. The van der Waals surface area contributed by atoms with Crippen LogP contribution in [0.1, 0.15) is 52.9 Å². The van der Waals surface area contributed by atoms with Crippen LogP contribution in [0.2, 0.25) is 0 Å². The van der Waals surface area contributed by atoms with Crippen molar-refractivity contribution in [2.75, 3.05) is 13.1 Å². The Bertz CT molecular complexity index is 271. The van der Waals surface area contributed by atoms with Crippen LogP contribution in [-0.4, -0.2) is 29.7 Å². The van der Waals surface area contributed by atoms with E-state index in [4.69, 9.17) is 0 Å². The summed E-state index contributed by atoms with van der Waals surface area (Å²) in [4.78, 5) is 24.4. The summed E-state index contributed by atoms with van der Waals surface area (Å²) >= 11 is 0. The smallest absolute Gasteiger partial charge is 0.230 e. The van der Waals surface area contributed by atoms with Crippen molar-refractivity contribution in [3.05, 3.63) is 0 Å². The van der Waals surface area contributed by atoms with Gasteiger partial charge in [-0.25, -0.2) is 0 Å². The minimum Gasteiger partial charge on any atom is -0.334 e. The highest BCUT2D eigenvalue weighted by Crippen LogP contribution is 2.26. The number of carbonyl (C=O) groups excluding carboxylic acids is 2. The van der Waals surface area contributed by atoms with Gasteiger partial charge in [0.25, 0.3) is 0 Å². The van der Waals surface area contributed by atoms with E-state index in [1.807, 2.05) is 0 Å². The van der Waals surface area contributed by atoms with Gasteiger partial charge in [-0.1, -0.05) is 40.0 Å². The van der Waals surface area contributed by atoms with Gasteiger partial charge in [0, 0.05) is 6.54 Å². The van der Waals surface area contributed by atoms with Crippen LogP contribution in [-0.2, 0) is 9.59 Å². The number of amides is 1. The van der Waals surface area contributed by atoms with E-state index in [0.717, 1.165) is 13.0 Å². The number of nitrogens with zero attached hydrogens (tertiary/aromatic N) is 1. The molecule has 0 aromatic carbocycles. The molecule has 0 atom stereocenters. The summed E-state index contributed by atoms with van der Waals surface area (Å²) in [5, 5.41) is 0. The van der Waals surface area contributed by atoms with Crippen LogP contribution in [0, 0.1) is 5.41 Å². The average Bonchev–Trinajstić information content (AvgIpc) is 2.44. The van der Waals surface area contributed by atoms with Crippen molar-refractivity contribution >= 4 is 11.7 Å². The molecule has 3 heteroatoms. The lowest BCUT2D eigenvalue weighted by Crippen LogP contribution is -2.35. The van der Waals surface area contributed by atoms with Gasteiger partial charge in [0.15, 0.2) is 5.78 Å². The Labute approximate surface area is 98.2 Å². The Morgan fingerprint density at radius 3 is 2.44 bits per heavy atom. The molecule has 1 amide bonds. The van der Waals surface area contributed by atoms with E-state index in [9.17, 15) is 9.59 Å². The summed E-state index contributed by atoms with van der Waals surface area (Å²) in [5.41, 5.74) is 0.134. The number of ketones is 1. The molecule has 1 fully saturated rings. The Morgan fingerprint density at radius 1 is 1.25 bits per heavy atom. The minimum atomic E-state index is 0.00793. The highest BCUT2D eigenvalue weighted by Gasteiger charge is 2.31. The summed E-state index contributed by atoms with van der Waals surface area (Å²) in [6, 6.07) is 0. The van der Waals surface area contributed by atoms with Crippen LogP contribution in [0.25, 0.3) is 0 Å². The first-order valence-electron chi connectivity index (χ1n) is 6.24. The number of carbonyl (C=O) groups is 2. The maximum absolute atomic E-state index is 11.5. The van der Waals surface area contributed by atoms with E-state index in [-0.39, 0.29) is 23.5 Å². The summed E-state index contributed by atoms with van der Waals surface area (Å²) in [5.74, 6) is 0.0722. The van der Waals surface area contributed by atoms with Gasteiger partial charge in [-0.15, -0.1) is 0 Å². The van der Waals surface area contributed by atoms with Crippen molar-refractivity contribution in [1.29, 1.82) is 0 Å². The largest absolute Gasteiger partial charge is 0.334 e. The maximum Gasteiger partial charge on any atom is 0.230 e. The molecular formula is C13H23NO2. The SMILES string of the molecule is CCCCCC(C)(C)CN1CC(=O)CC1=O. The molecule has 1 heterocycles. The summed E-state index contributed by atoms with van der Waals surface area (Å²) in [6.07, 6.45) is 4.91. The molecule has 0 aromatic rings. The van der Waals surface area contributed by atoms with E-state index in [0.29, 0.717) is 6.54 Å². The van der Waals surface area contributed by atoms with Crippen LogP contribution in [0.3, 0.4) is 0 Å². The van der Waals surface area contributed by atoms with Crippen LogP contribution >= 0.6 is 0 Å². The zero-order chi connectivity index (χ0) is 12.2. The monoisotopic (exact) mass is 225 g/mol. The highest BCUT2D eigenvalue weighted by molar-refractivity contribution is 6.05. The van der Waals surface area contributed by atoms with Crippen molar-refractivity contribution in [3.63, 3.8) is 0 Å². The Hall–Kier alpha value is -0.860. The van der Waals surface area contributed by atoms with Gasteiger partial charge in [-0.05, 0) is 11.8 Å². The zero-order valence-corrected chi connectivity index (χ0v) is 10.7. The third-order valence-corrected chi connectivity index (χ3v) is 3.14. The second-order valence-electron chi connectivity index (χ2n) is 5.59. The van der Waals surface area contributed by atoms with Crippen molar-refractivity contribution in [2.24, 2.45) is 5.41 Å². The number of hydrogen-bond donors (Lipinski definition) is 0. The minimum absolute atomic E-state index is 0.00793. The number of unbranched alkanes of at least 4 members (excludes halogenated alkanes) is 2. The van der Waals surface area contributed by atoms with Gasteiger partial charge in [-0.3, -0.25) is 9.59 Å². The van der Waals surface area contributed by atoms with E-state index in [2.05, 4.69) is 20.8 Å². The third-order valence-electron chi connectivity index (χ3n) is 3.14. The number of Topliss-reactive ketones (excluding diaryl/α,β-unsaturated/α-hetero) is 1. The lowest BCUT2D eigenvalue weighted by atomic mass is 9.86. The van der Waals surface area contributed by atoms with Crippen LogP contribution < -0.4 is 0 Å². The van der Waals surface area contributed by atoms with Crippen molar-refractivity contribution in [3.8, 4) is 0 Å². The summed E-state index contributed by atoms with van der Waals surface area (Å²) in [7, 11) is 0. The standard InChI is InChI=1S/C13H23NO2/c1-4-5-6-7-13(2,3)10-14-9-11(15)8-12(14)16/h4-10H2,1-3H3. The second kappa shape index (κ2) is 5.46. The summed E-state index contributed by atoms with van der Waals surface area (Å²) in [6.45, 7) is 7.60. The average molecular weight is 225 g/mol. The molecule has 0 aliphatic carbocycles. The fourth-order valence-electron chi connectivity index (χ4n) is 2.23. The predicted molar refractivity (Wildman–Crippen MR) is 64.1 cm³/mol. The van der Waals surface area contributed by atoms with Gasteiger partial charge < -0.3 is 4.90 Å². The zero-order valence-electron chi connectivity index (χ0n) is 10.7. The molecule has 0 spiro atoms. The quantitative estimate of drug-likeness (QED) is 0.514. The molecule has 1 saturated heterocycles. The van der Waals surface area contributed by atoms with Gasteiger partial charge in [-0.2, -0.15) is 0 Å². The van der Waals surface area contributed by atoms with Crippen molar-refractivity contribution < 1.29 is 9.59 Å². The first-order chi connectivity index (χ1) is 7.44. The topological polar surface area (TPSA) is 37.4 Å². The molecule has 0 aromatic heterocycles. The van der Waals surface area contributed by atoms with Crippen molar-refractivity contribution in [1.82, 2.24) is 4.90 Å². The summed E-state index contributed by atoms with van der Waals surface area (Å²) < 4.78 is 0. The molecule has 0 saturated carbocycles. The van der Waals surface area contributed by atoms with E-state index >= 15 is 0 Å². The second-order valence-corrected chi connectivity index (χ2v) is 5.59. The Kier molecular flexibility index (Phi) is 4.51. The number of hydrogen-bond acceptors (Lipinski definition) is 2. The molecule has 0 unspecified atom stereocenters. The van der Waals surface area contributed by atoms with Gasteiger partial charge in [0.1, 0.15) is 0 Å². The molecule has 3 nitrogen and oxygen atoms in total. The maximum atomic E-state index is 11.5. The molecule has 92 valence electrons. The number of rotatable bonds is 6. The highest BCUT2D eigenvalue weighted by atomic mass is 16.2. The van der Waals surface area contributed by atoms with Gasteiger partial charge in [0.05, 0.1) is 13.0 Å². The van der Waals surface area contributed by atoms with E-state index in [1.54, 1.807) is 4.90 Å². The molecule has 1 rings (SSSR count). The van der Waals surface area contributed by atoms with Gasteiger partial charge >= 0.3 is 0 Å². The molecule has 1 aliphatic rings. The van der Waals surface area contributed by atoms with Crippen LogP contribution in [0.15, 0.2) is 0 Å². The lowest BCUT2D eigenvalue weighted by molar-refractivity contribution is -0.129. The predicted octanol–water partition coefficient (Wildman–Crippen LogP) is 2.39. The van der Waals surface area contributed by atoms with Gasteiger partial charge in [0.2, 0.25) is 5.91 Å². The third kappa shape index (κ3) is 3.95. The fraction of sp³-hybridized carbons (Fsp3) is 0.846. The Morgan fingerprint density at radius 2 is 1.94 bits per heavy atom. The van der Waals surface area contributed by atoms with E-state index in [1.165, 1.54) is 19.3 Å². The molecule has 0 N–H and O–H groups in total. The van der Waals surface area contributed by atoms with E-state index < -0.39 is 0 Å². The molecular weight excluding hydrogens is 202 g/mol. The molecule has 0 bridgehead atoms. The number of likely N-dealkylation sites (tertiary alicyclic amines) is 1. The fourth-order valence-corrected chi connectivity index (χ4v) is 2.23. The molecule has 16 heavy (non-hydrogen) atoms.